The molecule has 0 atom stereocenters. The third kappa shape index (κ3) is 5.35. The van der Waals surface area contributed by atoms with Gasteiger partial charge in [-0.3, -0.25) is 0 Å². The zero-order valence-corrected chi connectivity index (χ0v) is 12.6. The van der Waals surface area contributed by atoms with Crippen LogP contribution in [0.4, 0.5) is 16.2 Å². The van der Waals surface area contributed by atoms with Crippen molar-refractivity contribution in [2.75, 3.05) is 10.0 Å². The average molecular weight is 300 g/mol. The molecule has 0 saturated heterocycles. The zero-order chi connectivity index (χ0) is 16.5. The number of nitrogens with zero attached hydrogens (tertiary/aromatic N) is 2. The maximum Gasteiger partial charge on any atom is 0.357 e. The molecule has 0 aliphatic rings. The second kappa shape index (κ2) is 8.56. The summed E-state index contributed by atoms with van der Waals surface area (Å²) in [6.45, 7) is 3.06. The third-order valence-electron chi connectivity index (χ3n) is 2.48. The van der Waals surface area contributed by atoms with Crippen molar-refractivity contribution in [1.29, 1.82) is 0 Å². The Labute approximate surface area is 129 Å². The molecule has 6 nitrogen and oxygen atoms in total. The summed E-state index contributed by atoms with van der Waals surface area (Å²) in [5.74, 6) is 11.6. The van der Waals surface area contributed by atoms with Gasteiger partial charge in [0.25, 0.3) is 0 Å². The third-order valence-corrected chi connectivity index (χ3v) is 2.48. The number of ketones is 1. The molecule has 0 spiro atoms. The second-order valence-corrected chi connectivity index (χ2v) is 4.60. The summed E-state index contributed by atoms with van der Waals surface area (Å²) >= 11 is 0. The Morgan fingerprint density at radius 1 is 0.727 bits per heavy atom. The molecule has 0 aliphatic heterocycles. The Hall–Kier alpha value is -2.70. The fraction of sp³-hybridized carbons (Fsp3) is 0.125. The van der Waals surface area contributed by atoms with Crippen molar-refractivity contribution >= 4 is 23.2 Å². The molecular weight excluding hydrogens is 280 g/mol. The Morgan fingerprint density at radius 3 is 1.27 bits per heavy atom. The molecule has 2 aromatic rings. The van der Waals surface area contributed by atoms with E-state index in [2.05, 4.69) is 0 Å². The Morgan fingerprint density at radius 2 is 1.00 bits per heavy atom. The van der Waals surface area contributed by atoms with Crippen molar-refractivity contribution in [3.63, 3.8) is 0 Å². The van der Waals surface area contributed by atoms with Gasteiger partial charge in [-0.05, 0) is 38.1 Å². The topological polar surface area (TPSA) is 92.7 Å². The molecule has 2 aromatic carbocycles. The van der Waals surface area contributed by atoms with Crippen LogP contribution in [0.5, 0.6) is 0 Å². The van der Waals surface area contributed by atoms with Crippen molar-refractivity contribution in [3.05, 3.63) is 60.7 Å². The van der Waals surface area contributed by atoms with Gasteiger partial charge in [0.2, 0.25) is 0 Å². The van der Waals surface area contributed by atoms with Gasteiger partial charge >= 0.3 is 6.03 Å². The molecule has 0 heterocycles. The maximum absolute atomic E-state index is 12.0. The predicted molar refractivity (Wildman–Crippen MR) is 88.0 cm³/mol. The van der Waals surface area contributed by atoms with Gasteiger partial charge in [-0.15, -0.1) is 0 Å². The van der Waals surface area contributed by atoms with Crippen molar-refractivity contribution < 1.29 is 9.59 Å². The number of hydrogen-bond donors (Lipinski definition) is 2. The molecule has 0 fully saturated rings. The van der Waals surface area contributed by atoms with Crippen molar-refractivity contribution in [1.82, 2.24) is 0 Å². The number of amides is 2. The number of carbonyl (C=O) groups is 2. The number of para-hydroxylation sites is 2. The largest absolute Gasteiger partial charge is 0.357 e. The molecular formula is C16H20N4O2. The van der Waals surface area contributed by atoms with E-state index < -0.39 is 6.03 Å². The van der Waals surface area contributed by atoms with Crippen LogP contribution in [0.3, 0.4) is 0 Å². The molecule has 4 N–H and O–H groups in total. The molecule has 0 aliphatic carbocycles. The first-order chi connectivity index (χ1) is 10.4. The SMILES string of the molecule is CC(C)=O.NN(C(=O)N(N)c1ccccc1)c1ccccc1. The van der Waals surface area contributed by atoms with Crippen molar-refractivity contribution in [2.45, 2.75) is 13.8 Å². The summed E-state index contributed by atoms with van der Waals surface area (Å²) in [6, 6.07) is 17.3. The van der Waals surface area contributed by atoms with Crippen LogP contribution in [0.2, 0.25) is 0 Å². The van der Waals surface area contributed by atoms with Crippen LogP contribution >= 0.6 is 0 Å². The minimum absolute atomic E-state index is 0.167. The predicted octanol–water partition coefficient (Wildman–Crippen LogP) is 2.46. The Kier molecular flexibility index (Phi) is 6.75. The monoisotopic (exact) mass is 300 g/mol. The fourth-order valence-electron chi connectivity index (χ4n) is 1.51. The van der Waals surface area contributed by atoms with Crippen LogP contribution in [-0.4, -0.2) is 11.8 Å². The van der Waals surface area contributed by atoms with E-state index in [1.807, 2.05) is 12.1 Å². The van der Waals surface area contributed by atoms with Crippen LogP contribution in [0.15, 0.2) is 60.7 Å². The number of hydrazine groups is 2. The molecule has 0 aromatic heterocycles. The van der Waals surface area contributed by atoms with Gasteiger partial charge in [0, 0.05) is 0 Å². The number of rotatable bonds is 2. The lowest BCUT2D eigenvalue weighted by Crippen LogP contribution is -2.50. The number of hydrogen-bond acceptors (Lipinski definition) is 4. The molecule has 0 unspecified atom stereocenters. The molecule has 2 amide bonds. The van der Waals surface area contributed by atoms with E-state index in [4.69, 9.17) is 11.7 Å². The highest BCUT2D eigenvalue weighted by atomic mass is 16.2. The number of anilines is 2. The molecule has 0 bridgehead atoms. The Bertz CT molecular complexity index is 551. The first kappa shape index (κ1) is 17.4. The number of urea groups is 1. The van der Waals surface area contributed by atoms with Gasteiger partial charge in [0.15, 0.2) is 0 Å². The first-order valence-corrected chi connectivity index (χ1v) is 6.64. The van der Waals surface area contributed by atoms with E-state index in [0.717, 1.165) is 10.0 Å². The molecule has 0 saturated carbocycles. The molecule has 22 heavy (non-hydrogen) atoms. The number of benzene rings is 2. The van der Waals surface area contributed by atoms with Gasteiger partial charge < -0.3 is 4.79 Å². The van der Waals surface area contributed by atoms with Crippen molar-refractivity contribution in [2.24, 2.45) is 11.7 Å². The summed E-state index contributed by atoms with van der Waals surface area (Å²) in [6.07, 6.45) is 0. The lowest BCUT2D eigenvalue weighted by molar-refractivity contribution is -0.114. The van der Waals surface area contributed by atoms with Crippen molar-refractivity contribution in [3.8, 4) is 0 Å². The number of Topliss-reactive ketones (excluding diaryl/α,β-unsaturated/α-hetero) is 1. The molecule has 6 heteroatoms. The minimum Gasteiger partial charge on any atom is -0.300 e. The van der Waals surface area contributed by atoms with Gasteiger partial charge in [-0.2, -0.15) is 0 Å². The lowest BCUT2D eigenvalue weighted by atomic mass is 10.3. The van der Waals surface area contributed by atoms with Gasteiger partial charge in [0.1, 0.15) is 5.78 Å². The smallest absolute Gasteiger partial charge is 0.300 e. The van der Waals surface area contributed by atoms with E-state index in [0.29, 0.717) is 11.4 Å². The van der Waals surface area contributed by atoms with E-state index in [1.165, 1.54) is 13.8 Å². The van der Waals surface area contributed by atoms with E-state index >= 15 is 0 Å². The maximum atomic E-state index is 12.0. The highest BCUT2D eigenvalue weighted by Gasteiger charge is 2.18. The standard InChI is InChI=1S/C13H14N4O.C3H6O/c14-16(11-7-3-1-4-8-11)13(18)17(15)12-9-5-2-6-10-12;1-3(2)4/h1-10H,14-15H2;1-2H3. The van der Waals surface area contributed by atoms with E-state index in [1.54, 1.807) is 48.5 Å². The van der Waals surface area contributed by atoms with E-state index in [9.17, 15) is 9.59 Å². The van der Waals surface area contributed by atoms with Gasteiger partial charge in [0.05, 0.1) is 11.4 Å². The summed E-state index contributed by atoms with van der Waals surface area (Å²) < 4.78 is 0. The fourth-order valence-corrected chi connectivity index (χ4v) is 1.51. The highest BCUT2D eigenvalue weighted by Crippen LogP contribution is 2.15. The molecule has 116 valence electrons. The molecule has 0 radical (unpaired) electrons. The average Bonchev–Trinajstić information content (AvgIpc) is 2.54. The quantitative estimate of drug-likeness (QED) is 0.506. The Balaban J connectivity index is 0.000000541. The first-order valence-electron chi connectivity index (χ1n) is 6.64. The summed E-state index contributed by atoms with van der Waals surface area (Å²) in [5, 5.41) is 2.01. The normalized spacial score (nSPS) is 9.27. The second-order valence-electron chi connectivity index (χ2n) is 4.60. The number of carbonyl (C=O) groups excluding carboxylic acids is 2. The molecule has 2 rings (SSSR count). The van der Waals surface area contributed by atoms with Crippen LogP contribution in [0, 0.1) is 0 Å². The summed E-state index contributed by atoms with van der Waals surface area (Å²) in [7, 11) is 0. The van der Waals surface area contributed by atoms with E-state index in [-0.39, 0.29) is 5.78 Å². The number of nitrogens with two attached hydrogens (primary N) is 2. The highest BCUT2D eigenvalue weighted by molar-refractivity contribution is 6.01. The minimum atomic E-state index is -0.507. The van der Waals surface area contributed by atoms with Crippen LogP contribution < -0.4 is 21.7 Å². The summed E-state index contributed by atoms with van der Waals surface area (Å²) in [5.41, 5.74) is 1.16. The lowest BCUT2D eigenvalue weighted by Gasteiger charge is -2.23. The van der Waals surface area contributed by atoms with Crippen LogP contribution in [0.25, 0.3) is 0 Å². The summed E-state index contributed by atoms with van der Waals surface area (Å²) in [4.78, 5) is 21.5. The van der Waals surface area contributed by atoms with Crippen LogP contribution in [-0.2, 0) is 4.79 Å². The van der Waals surface area contributed by atoms with Gasteiger partial charge in [-0.1, -0.05) is 36.4 Å². The zero-order valence-electron chi connectivity index (χ0n) is 12.6. The van der Waals surface area contributed by atoms with Gasteiger partial charge in [-0.25, -0.2) is 26.5 Å². The van der Waals surface area contributed by atoms with Crippen LogP contribution in [0.1, 0.15) is 13.8 Å².